The molecular weight excluding hydrogens is 538 g/mol. The molecule has 3 amide bonds. The molecule has 7 nitrogen and oxygen atoms in total. The second kappa shape index (κ2) is 12.1. The number of fused-ring (bicyclic) bond motifs is 1. The van der Waals surface area contributed by atoms with Crippen molar-refractivity contribution in [2.45, 2.75) is 38.6 Å². The fraction of sp³-hybridized carbons (Fsp3) is 0.333. The summed E-state index contributed by atoms with van der Waals surface area (Å²) in [7, 11) is 0. The van der Waals surface area contributed by atoms with Gasteiger partial charge in [-0.2, -0.15) is 0 Å². The highest BCUT2D eigenvalue weighted by Crippen LogP contribution is 2.44. The van der Waals surface area contributed by atoms with Crippen molar-refractivity contribution in [3.05, 3.63) is 67.1 Å². The predicted molar refractivity (Wildman–Crippen MR) is 134 cm³/mol. The molecule has 35 heavy (non-hydrogen) atoms. The van der Waals surface area contributed by atoms with Crippen LogP contribution in [0.3, 0.4) is 0 Å². The zero-order chi connectivity index (χ0) is 25.7. The van der Waals surface area contributed by atoms with E-state index in [4.69, 9.17) is 51.1 Å². The van der Waals surface area contributed by atoms with Crippen LogP contribution in [0.25, 0.3) is 0 Å². The third-order valence-electron chi connectivity index (χ3n) is 5.49. The topological polar surface area (TPSA) is 92.8 Å². The molecule has 1 aliphatic heterocycles. The van der Waals surface area contributed by atoms with Crippen molar-refractivity contribution in [1.82, 2.24) is 10.2 Å². The molecule has 0 aromatic heterocycles. The summed E-state index contributed by atoms with van der Waals surface area (Å²) in [5.74, 6) is -2.08. The van der Waals surface area contributed by atoms with Gasteiger partial charge in [-0.3, -0.25) is 24.1 Å². The highest BCUT2D eigenvalue weighted by atomic mass is 35.5. The standard InChI is InChI=1S/C24H22Cl4N2O5/c1-13(14-8-4-2-5-9-14)29-15(31)12-35-16(32)10-6-3-7-11-30-23(33)17-18(24(30)34)20(26)22(28)21(27)19(17)25/h2,4-5,8-9,13H,3,6-7,10-12H2,1H3,(H,29,31)/t13-/m0/s1. The zero-order valence-corrected chi connectivity index (χ0v) is 21.7. The summed E-state index contributed by atoms with van der Waals surface area (Å²) in [6.07, 6.45) is 1.56. The van der Waals surface area contributed by atoms with E-state index in [2.05, 4.69) is 5.32 Å². The molecule has 2 aromatic rings. The van der Waals surface area contributed by atoms with Gasteiger partial charge in [0, 0.05) is 13.0 Å². The van der Waals surface area contributed by atoms with Crippen molar-refractivity contribution in [3.63, 3.8) is 0 Å². The van der Waals surface area contributed by atoms with Gasteiger partial charge >= 0.3 is 5.97 Å². The lowest BCUT2D eigenvalue weighted by molar-refractivity contribution is -0.148. The van der Waals surface area contributed by atoms with Gasteiger partial charge in [0.1, 0.15) is 0 Å². The van der Waals surface area contributed by atoms with E-state index in [9.17, 15) is 19.2 Å². The number of nitrogens with zero attached hydrogens (tertiary/aromatic N) is 1. The van der Waals surface area contributed by atoms with Crippen LogP contribution in [0.2, 0.25) is 20.1 Å². The van der Waals surface area contributed by atoms with Crippen LogP contribution in [0.5, 0.6) is 0 Å². The third-order valence-corrected chi connectivity index (χ3v) is 7.29. The Bertz CT molecular complexity index is 1110. The number of halogens is 4. The second-order valence-electron chi connectivity index (χ2n) is 7.94. The van der Waals surface area contributed by atoms with Gasteiger partial charge in [0.25, 0.3) is 17.7 Å². The van der Waals surface area contributed by atoms with Crippen LogP contribution in [0, 0.1) is 0 Å². The molecule has 0 bridgehead atoms. The van der Waals surface area contributed by atoms with Gasteiger partial charge in [-0.25, -0.2) is 0 Å². The summed E-state index contributed by atoms with van der Waals surface area (Å²) >= 11 is 24.2. The molecule has 0 saturated heterocycles. The molecule has 0 spiro atoms. The number of ether oxygens (including phenoxy) is 1. The normalized spacial score (nSPS) is 13.6. The number of carbonyl (C=O) groups is 4. The van der Waals surface area contributed by atoms with Crippen LogP contribution < -0.4 is 5.32 Å². The number of nitrogens with one attached hydrogen (secondary N) is 1. The minimum absolute atomic E-state index is 0.0560. The lowest BCUT2D eigenvalue weighted by Gasteiger charge is -2.14. The number of hydrogen-bond donors (Lipinski definition) is 1. The fourth-order valence-corrected chi connectivity index (χ4v) is 4.66. The molecule has 0 saturated carbocycles. The Balaban J connectivity index is 1.38. The van der Waals surface area contributed by atoms with Gasteiger partial charge in [-0.15, -0.1) is 0 Å². The summed E-state index contributed by atoms with van der Waals surface area (Å²) in [5.41, 5.74) is 0.833. The summed E-state index contributed by atoms with van der Waals surface area (Å²) in [6, 6.07) is 9.22. The first-order valence-corrected chi connectivity index (χ1v) is 12.4. The van der Waals surface area contributed by atoms with Crippen molar-refractivity contribution in [1.29, 1.82) is 0 Å². The molecule has 1 heterocycles. The molecule has 1 atom stereocenters. The monoisotopic (exact) mass is 558 g/mol. The maximum atomic E-state index is 12.7. The van der Waals surface area contributed by atoms with Crippen molar-refractivity contribution in [3.8, 4) is 0 Å². The number of benzene rings is 2. The van der Waals surface area contributed by atoms with E-state index >= 15 is 0 Å². The van der Waals surface area contributed by atoms with E-state index in [1.54, 1.807) is 0 Å². The van der Waals surface area contributed by atoms with Crippen LogP contribution in [-0.4, -0.2) is 41.7 Å². The Kier molecular flexibility index (Phi) is 9.41. The number of esters is 1. The summed E-state index contributed by atoms with van der Waals surface area (Å²) in [5, 5.41) is 2.39. The van der Waals surface area contributed by atoms with Gasteiger partial charge in [0.05, 0.1) is 37.3 Å². The molecule has 0 radical (unpaired) electrons. The number of amides is 3. The second-order valence-corrected chi connectivity index (χ2v) is 9.45. The van der Waals surface area contributed by atoms with Gasteiger partial charge in [0.2, 0.25) is 0 Å². The first-order chi connectivity index (χ1) is 16.6. The first-order valence-electron chi connectivity index (χ1n) is 10.9. The van der Waals surface area contributed by atoms with E-state index in [-0.39, 0.29) is 56.8 Å². The van der Waals surface area contributed by atoms with E-state index < -0.39 is 23.7 Å². The highest BCUT2D eigenvalue weighted by Gasteiger charge is 2.41. The van der Waals surface area contributed by atoms with E-state index in [1.807, 2.05) is 37.3 Å². The SMILES string of the molecule is C[C@H](NC(=O)COC(=O)CCCCCN1C(=O)c2c(Cl)c(Cl)c(Cl)c(Cl)c2C1=O)c1ccccc1. The quantitative estimate of drug-likeness (QED) is 0.129. The van der Waals surface area contributed by atoms with E-state index in [0.29, 0.717) is 19.3 Å². The maximum Gasteiger partial charge on any atom is 0.306 e. The summed E-state index contributed by atoms with van der Waals surface area (Å²) in [6.45, 7) is 1.59. The molecule has 0 unspecified atom stereocenters. The fourth-order valence-electron chi connectivity index (χ4n) is 3.64. The predicted octanol–water partition coefficient (Wildman–Crippen LogP) is 5.88. The molecule has 1 aliphatic rings. The van der Waals surface area contributed by atoms with E-state index in [1.165, 1.54) is 0 Å². The Labute approximate surface area is 222 Å². The molecule has 186 valence electrons. The summed E-state index contributed by atoms with van der Waals surface area (Å²) < 4.78 is 5.02. The zero-order valence-electron chi connectivity index (χ0n) is 18.7. The maximum absolute atomic E-state index is 12.7. The number of imide groups is 1. The molecule has 2 aromatic carbocycles. The molecule has 0 fully saturated rings. The third kappa shape index (κ3) is 6.28. The minimum atomic E-state index is -0.592. The average molecular weight is 560 g/mol. The number of carbonyl (C=O) groups excluding carboxylic acids is 4. The molecule has 1 N–H and O–H groups in total. The van der Waals surface area contributed by atoms with Gasteiger partial charge in [0.15, 0.2) is 6.61 Å². The Morgan fingerprint density at radius 2 is 1.46 bits per heavy atom. The van der Waals surface area contributed by atoms with Gasteiger partial charge in [-0.1, -0.05) is 83.2 Å². The van der Waals surface area contributed by atoms with Crippen LogP contribution in [0.1, 0.15) is 64.9 Å². The Morgan fingerprint density at radius 1 is 0.886 bits per heavy atom. The smallest absolute Gasteiger partial charge is 0.306 e. The molecule has 11 heteroatoms. The molecule has 3 rings (SSSR count). The molecular formula is C24H22Cl4N2O5. The van der Waals surface area contributed by atoms with Crippen molar-refractivity contribution >= 4 is 70.1 Å². The lowest BCUT2D eigenvalue weighted by atomic mass is 10.1. The Morgan fingerprint density at radius 3 is 2.03 bits per heavy atom. The van der Waals surface area contributed by atoms with Crippen molar-refractivity contribution in [2.75, 3.05) is 13.2 Å². The average Bonchev–Trinajstić information content (AvgIpc) is 3.10. The number of hydrogen-bond acceptors (Lipinski definition) is 5. The number of rotatable bonds is 10. The van der Waals surface area contributed by atoms with E-state index in [0.717, 1.165) is 10.5 Å². The lowest BCUT2D eigenvalue weighted by Crippen LogP contribution is -2.31. The molecule has 0 aliphatic carbocycles. The van der Waals surface area contributed by atoms with Crippen LogP contribution >= 0.6 is 46.4 Å². The van der Waals surface area contributed by atoms with Crippen molar-refractivity contribution in [2.24, 2.45) is 0 Å². The van der Waals surface area contributed by atoms with Crippen LogP contribution in [-0.2, 0) is 14.3 Å². The van der Waals surface area contributed by atoms with Crippen LogP contribution in [0.4, 0.5) is 0 Å². The first kappa shape index (κ1) is 27.3. The number of unbranched alkanes of at least 4 members (excludes halogenated alkanes) is 2. The highest BCUT2D eigenvalue weighted by molar-refractivity contribution is 6.55. The van der Waals surface area contributed by atoms with Gasteiger partial charge < -0.3 is 10.1 Å². The van der Waals surface area contributed by atoms with Crippen molar-refractivity contribution < 1.29 is 23.9 Å². The van der Waals surface area contributed by atoms with Crippen LogP contribution in [0.15, 0.2) is 30.3 Å². The minimum Gasteiger partial charge on any atom is -0.456 e. The largest absolute Gasteiger partial charge is 0.456 e. The van der Waals surface area contributed by atoms with Gasteiger partial charge in [-0.05, 0) is 25.3 Å². The Hall–Kier alpha value is -2.32. The summed E-state index contributed by atoms with van der Waals surface area (Å²) in [4.78, 5) is 50.3.